The first-order chi connectivity index (χ1) is 10.7. The van der Waals surface area contributed by atoms with Crippen LogP contribution in [0.5, 0.6) is 5.75 Å². The molecule has 2 aromatic heterocycles. The highest BCUT2D eigenvalue weighted by molar-refractivity contribution is 5.67. The normalized spacial score (nSPS) is 10.7. The standard InChI is InChI=1S/C17H16N2O3/c20-17(21)9-6-13-4-7-15(8-5-13)22-12-14-11-19-10-2-1-3-16(19)18-14/h1-5,7-8,10-11H,6,9,12H2,(H,20,21). The Morgan fingerprint density at radius 2 is 2.00 bits per heavy atom. The fourth-order valence-corrected chi connectivity index (χ4v) is 2.22. The van der Waals surface area contributed by atoms with Gasteiger partial charge in [0, 0.05) is 18.8 Å². The molecule has 0 aliphatic rings. The van der Waals surface area contributed by atoms with E-state index in [1.807, 2.05) is 59.3 Å². The number of aliphatic carboxylic acids is 1. The SMILES string of the molecule is O=C(O)CCc1ccc(OCc2cn3ccccc3n2)cc1. The van der Waals surface area contributed by atoms with E-state index in [0.29, 0.717) is 13.0 Å². The van der Waals surface area contributed by atoms with Gasteiger partial charge in [-0.3, -0.25) is 4.79 Å². The van der Waals surface area contributed by atoms with Gasteiger partial charge >= 0.3 is 5.97 Å². The molecule has 0 aliphatic heterocycles. The molecule has 0 bridgehead atoms. The van der Waals surface area contributed by atoms with Gasteiger partial charge in [-0.1, -0.05) is 18.2 Å². The number of hydrogen-bond donors (Lipinski definition) is 1. The Labute approximate surface area is 127 Å². The van der Waals surface area contributed by atoms with Crippen molar-refractivity contribution < 1.29 is 14.6 Å². The second kappa shape index (κ2) is 6.30. The summed E-state index contributed by atoms with van der Waals surface area (Å²) in [5, 5.41) is 8.67. The largest absolute Gasteiger partial charge is 0.487 e. The summed E-state index contributed by atoms with van der Waals surface area (Å²) >= 11 is 0. The summed E-state index contributed by atoms with van der Waals surface area (Å²) in [7, 11) is 0. The van der Waals surface area contributed by atoms with Crippen LogP contribution in [-0.4, -0.2) is 20.5 Å². The molecule has 3 aromatic rings. The van der Waals surface area contributed by atoms with Crippen molar-refractivity contribution >= 4 is 11.6 Å². The van der Waals surface area contributed by atoms with E-state index in [9.17, 15) is 4.79 Å². The van der Waals surface area contributed by atoms with Crippen molar-refractivity contribution in [3.63, 3.8) is 0 Å². The molecule has 0 radical (unpaired) electrons. The van der Waals surface area contributed by atoms with Crippen LogP contribution >= 0.6 is 0 Å². The maximum atomic E-state index is 10.5. The van der Waals surface area contributed by atoms with E-state index < -0.39 is 5.97 Å². The van der Waals surface area contributed by atoms with E-state index in [1.165, 1.54) is 0 Å². The van der Waals surface area contributed by atoms with Crippen molar-refractivity contribution in [2.75, 3.05) is 0 Å². The highest BCUT2D eigenvalue weighted by Crippen LogP contribution is 2.15. The number of aryl methyl sites for hydroxylation is 1. The molecule has 3 rings (SSSR count). The number of imidazole rings is 1. The molecule has 0 unspecified atom stereocenters. The number of carboxylic acids is 1. The summed E-state index contributed by atoms with van der Waals surface area (Å²) in [4.78, 5) is 15.0. The Balaban J connectivity index is 1.60. The number of ether oxygens (including phenoxy) is 1. The fourth-order valence-electron chi connectivity index (χ4n) is 2.22. The maximum Gasteiger partial charge on any atom is 0.303 e. The number of carbonyl (C=O) groups is 1. The lowest BCUT2D eigenvalue weighted by molar-refractivity contribution is -0.136. The zero-order valence-electron chi connectivity index (χ0n) is 12.0. The predicted octanol–water partition coefficient (Wildman–Crippen LogP) is 2.93. The van der Waals surface area contributed by atoms with Crippen LogP contribution in [0.25, 0.3) is 5.65 Å². The molecule has 0 spiro atoms. The van der Waals surface area contributed by atoms with Crippen LogP contribution in [-0.2, 0) is 17.8 Å². The topological polar surface area (TPSA) is 63.8 Å². The third-order valence-electron chi connectivity index (χ3n) is 3.35. The van der Waals surface area contributed by atoms with Crippen LogP contribution in [0.4, 0.5) is 0 Å². The van der Waals surface area contributed by atoms with Crippen LogP contribution in [0.15, 0.2) is 54.9 Å². The Kier molecular flexibility index (Phi) is 4.05. The van der Waals surface area contributed by atoms with Gasteiger partial charge in [0.1, 0.15) is 18.0 Å². The van der Waals surface area contributed by atoms with Gasteiger partial charge in [-0.05, 0) is 36.2 Å². The molecular formula is C17H16N2O3. The first-order valence-electron chi connectivity index (χ1n) is 7.07. The third-order valence-corrected chi connectivity index (χ3v) is 3.35. The Morgan fingerprint density at radius 1 is 1.18 bits per heavy atom. The molecule has 5 nitrogen and oxygen atoms in total. The Hall–Kier alpha value is -2.82. The van der Waals surface area contributed by atoms with Gasteiger partial charge < -0.3 is 14.2 Å². The van der Waals surface area contributed by atoms with Crippen LogP contribution < -0.4 is 4.74 Å². The number of rotatable bonds is 6. The van der Waals surface area contributed by atoms with Crippen molar-refractivity contribution in [1.82, 2.24) is 9.38 Å². The molecule has 1 N–H and O–H groups in total. The van der Waals surface area contributed by atoms with Gasteiger partial charge in [0.05, 0.1) is 5.69 Å². The lowest BCUT2D eigenvalue weighted by Gasteiger charge is -2.05. The number of carboxylic acid groups (broad SMARTS) is 1. The summed E-state index contributed by atoms with van der Waals surface area (Å²) in [5.74, 6) is -0.0386. The van der Waals surface area contributed by atoms with Crippen LogP contribution in [0.3, 0.4) is 0 Å². The van der Waals surface area contributed by atoms with Crippen molar-refractivity contribution in [2.45, 2.75) is 19.4 Å². The first kappa shape index (κ1) is 14.1. The predicted molar refractivity (Wildman–Crippen MR) is 81.9 cm³/mol. The van der Waals surface area contributed by atoms with E-state index in [2.05, 4.69) is 4.98 Å². The smallest absolute Gasteiger partial charge is 0.303 e. The lowest BCUT2D eigenvalue weighted by atomic mass is 10.1. The minimum Gasteiger partial charge on any atom is -0.487 e. The molecule has 5 heteroatoms. The highest BCUT2D eigenvalue weighted by atomic mass is 16.5. The molecule has 0 aliphatic carbocycles. The lowest BCUT2D eigenvalue weighted by Crippen LogP contribution is -1.98. The van der Waals surface area contributed by atoms with E-state index in [1.54, 1.807) is 0 Å². The van der Waals surface area contributed by atoms with Gasteiger partial charge in [-0.25, -0.2) is 4.98 Å². The minimum absolute atomic E-state index is 0.140. The number of nitrogens with zero attached hydrogens (tertiary/aromatic N) is 2. The molecule has 2 heterocycles. The molecule has 0 saturated carbocycles. The average Bonchev–Trinajstić information content (AvgIpc) is 2.95. The minimum atomic E-state index is -0.785. The molecule has 1 aromatic carbocycles. The second-order valence-corrected chi connectivity index (χ2v) is 5.02. The molecule has 0 saturated heterocycles. The van der Waals surface area contributed by atoms with Gasteiger partial charge in [0.25, 0.3) is 0 Å². The van der Waals surface area contributed by atoms with E-state index in [0.717, 1.165) is 22.7 Å². The van der Waals surface area contributed by atoms with Crippen molar-refractivity contribution in [1.29, 1.82) is 0 Å². The van der Waals surface area contributed by atoms with Crippen molar-refractivity contribution in [3.05, 3.63) is 66.1 Å². The molecule has 0 fully saturated rings. The Morgan fingerprint density at radius 3 is 2.73 bits per heavy atom. The van der Waals surface area contributed by atoms with E-state index >= 15 is 0 Å². The monoisotopic (exact) mass is 296 g/mol. The van der Waals surface area contributed by atoms with Crippen LogP contribution in [0.2, 0.25) is 0 Å². The molecular weight excluding hydrogens is 280 g/mol. The highest BCUT2D eigenvalue weighted by Gasteiger charge is 2.03. The molecule has 0 atom stereocenters. The van der Waals surface area contributed by atoms with Crippen LogP contribution in [0, 0.1) is 0 Å². The van der Waals surface area contributed by atoms with Gasteiger partial charge in [-0.15, -0.1) is 0 Å². The fraction of sp³-hybridized carbons (Fsp3) is 0.176. The summed E-state index contributed by atoms with van der Waals surface area (Å²) in [6, 6.07) is 13.3. The third kappa shape index (κ3) is 3.44. The molecule has 112 valence electrons. The van der Waals surface area contributed by atoms with Crippen molar-refractivity contribution in [2.24, 2.45) is 0 Å². The molecule has 0 amide bonds. The number of fused-ring (bicyclic) bond motifs is 1. The number of pyridine rings is 1. The number of benzene rings is 1. The zero-order valence-corrected chi connectivity index (χ0v) is 12.0. The van der Waals surface area contributed by atoms with Gasteiger partial charge in [-0.2, -0.15) is 0 Å². The average molecular weight is 296 g/mol. The van der Waals surface area contributed by atoms with E-state index in [-0.39, 0.29) is 6.42 Å². The second-order valence-electron chi connectivity index (χ2n) is 5.02. The summed E-state index contributed by atoms with van der Waals surface area (Å²) in [6.07, 6.45) is 4.56. The maximum absolute atomic E-state index is 10.5. The van der Waals surface area contributed by atoms with Crippen LogP contribution in [0.1, 0.15) is 17.7 Å². The number of hydrogen-bond acceptors (Lipinski definition) is 3. The zero-order chi connectivity index (χ0) is 15.4. The quantitative estimate of drug-likeness (QED) is 0.759. The van der Waals surface area contributed by atoms with Gasteiger partial charge in [0.2, 0.25) is 0 Å². The Bertz CT molecular complexity index is 745. The molecule has 22 heavy (non-hydrogen) atoms. The first-order valence-corrected chi connectivity index (χ1v) is 7.07. The van der Waals surface area contributed by atoms with E-state index in [4.69, 9.17) is 9.84 Å². The number of aromatic nitrogens is 2. The summed E-state index contributed by atoms with van der Waals surface area (Å²) < 4.78 is 7.66. The van der Waals surface area contributed by atoms with Gasteiger partial charge in [0.15, 0.2) is 0 Å². The summed E-state index contributed by atoms with van der Waals surface area (Å²) in [5.41, 5.74) is 2.74. The van der Waals surface area contributed by atoms with Crippen molar-refractivity contribution in [3.8, 4) is 5.75 Å². The summed E-state index contributed by atoms with van der Waals surface area (Å²) in [6.45, 7) is 0.399.